The maximum absolute atomic E-state index is 5.48. The molecular formula is C17H19N3O2. The SMILES string of the molecule is COc1cccc(CNCC2CC(c3cccnc3)=NO2)c1. The first-order valence-corrected chi connectivity index (χ1v) is 7.32. The summed E-state index contributed by atoms with van der Waals surface area (Å²) in [6, 6.07) is 11.9. The second kappa shape index (κ2) is 7.04. The number of nitrogens with one attached hydrogen (secondary N) is 1. The van der Waals surface area contributed by atoms with Crippen molar-refractivity contribution in [3.63, 3.8) is 0 Å². The summed E-state index contributed by atoms with van der Waals surface area (Å²) in [6.07, 6.45) is 4.44. The van der Waals surface area contributed by atoms with E-state index < -0.39 is 0 Å². The average molecular weight is 297 g/mol. The van der Waals surface area contributed by atoms with Gasteiger partial charge in [-0.15, -0.1) is 0 Å². The van der Waals surface area contributed by atoms with E-state index in [4.69, 9.17) is 9.57 Å². The number of oxime groups is 1. The van der Waals surface area contributed by atoms with E-state index in [1.54, 1.807) is 13.3 Å². The molecule has 1 aliphatic heterocycles. The van der Waals surface area contributed by atoms with Crippen LogP contribution in [-0.4, -0.2) is 30.5 Å². The van der Waals surface area contributed by atoms with Gasteiger partial charge in [-0.25, -0.2) is 0 Å². The molecule has 1 unspecified atom stereocenters. The standard InChI is InChI=1S/C17H19N3O2/c1-21-15-6-2-4-13(8-15)10-19-12-16-9-17(20-22-16)14-5-3-7-18-11-14/h2-8,11,16,19H,9-10,12H2,1H3. The van der Waals surface area contributed by atoms with Crippen molar-refractivity contribution in [1.82, 2.24) is 10.3 Å². The average Bonchev–Trinajstić information content (AvgIpc) is 3.05. The lowest BCUT2D eigenvalue weighted by Crippen LogP contribution is -2.26. The maximum Gasteiger partial charge on any atom is 0.145 e. The van der Waals surface area contributed by atoms with Crippen LogP contribution in [0.4, 0.5) is 0 Å². The van der Waals surface area contributed by atoms with Crippen molar-refractivity contribution in [2.45, 2.75) is 19.1 Å². The monoisotopic (exact) mass is 297 g/mol. The third-order valence-corrected chi connectivity index (χ3v) is 3.56. The van der Waals surface area contributed by atoms with Crippen LogP contribution in [0, 0.1) is 0 Å². The highest BCUT2D eigenvalue weighted by Crippen LogP contribution is 2.16. The smallest absolute Gasteiger partial charge is 0.145 e. The van der Waals surface area contributed by atoms with Crippen LogP contribution >= 0.6 is 0 Å². The number of pyridine rings is 1. The van der Waals surface area contributed by atoms with Crippen LogP contribution in [0.25, 0.3) is 0 Å². The summed E-state index contributed by atoms with van der Waals surface area (Å²) in [7, 11) is 1.68. The van der Waals surface area contributed by atoms with Gasteiger partial charge in [0.1, 0.15) is 11.9 Å². The largest absolute Gasteiger partial charge is 0.497 e. The summed E-state index contributed by atoms with van der Waals surface area (Å²) in [5.74, 6) is 0.874. The fraction of sp³-hybridized carbons (Fsp3) is 0.294. The summed E-state index contributed by atoms with van der Waals surface area (Å²) in [6.45, 7) is 1.53. The minimum Gasteiger partial charge on any atom is -0.497 e. The fourth-order valence-electron chi connectivity index (χ4n) is 2.40. The Balaban J connectivity index is 1.46. The Kier molecular flexibility index (Phi) is 4.65. The van der Waals surface area contributed by atoms with Crippen LogP contribution in [0.5, 0.6) is 5.75 Å². The molecule has 0 aliphatic carbocycles. The van der Waals surface area contributed by atoms with Crippen molar-refractivity contribution in [2.24, 2.45) is 5.16 Å². The van der Waals surface area contributed by atoms with Gasteiger partial charge < -0.3 is 14.9 Å². The lowest BCUT2D eigenvalue weighted by molar-refractivity contribution is 0.0848. The summed E-state index contributed by atoms with van der Waals surface area (Å²) >= 11 is 0. The van der Waals surface area contributed by atoms with Gasteiger partial charge >= 0.3 is 0 Å². The number of nitrogens with zero attached hydrogens (tertiary/aromatic N) is 2. The zero-order chi connectivity index (χ0) is 15.2. The number of ether oxygens (including phenoxy) is 1. The number of methoxy groups -OCH3 is 1. The van der Waals surface area contributed by atoms with E-state index in [9.17, 15) is 0 Å². The molecule has 5 heteroatoms. The van der Waals surface area contributed by atoms with E-state index in [1.165, 1.54) is 5.56 Å². The van der Waals surface area contributed by atoms with Crippen LogP contribution < -0.4 is 10.1 Å². The lowest BCUT2D eigenvalue weighted by atomic mass is 10.1. The Bertz CT molecular complexity index is 643. The molecule has 1 atom stereocenters. The van der Waals surface area contributed by atoms with Crippen molar-refractivity contribution in [2.75, 3.05) is 13.7 Å². The summed E-state index contributed by atoms with van der Waals surface area (Å²) in [4.78, 5) is 9.58. The summed E-state index contributed by atoms with van der Waals surface area (Å²) in [5.41, 5.74) is 3.17. The van der Waals surface area contributed by atoms with Gasteiger partial charge in [0.2, 0.25) is 0 Å². The van der Waals surface area contributed by atoms with Gasteiger partial charge in [-0.05, 0) is 29.8 Å². The molecule has 0 amide bonds. The zero-order valence-corrected chi connectivity index (χ0v) is 12.5. The molecule has 5 nitrogen and oxygen atoms in total. The highest BCUT2D eigenvalue weighted by Gasteiger charge is 2.21. The van der Waals surface area contributed by atoms with E-state index in [-0.39, 0.29) is 6.10 Å². The van der Waals surface area contributed by atoms with Gasteiger partial charge in [-0.1, -0.05) is 17.3 Å². The van der Waals surface area contributed by atoms with Gasteiger partial charge in [-0.2, -0.15) is 0 Å². The Morgan fingerprint density at radius 3 is 3.09 bits per heavy atom. The predicted octanol–water partition coefficient (Wildman–Crippen LogP) is 2.37. The quantitative estimate of drug-likeness (QED) is 0.889. The zero-order valence-electron chi connectivity index (χ0n) is 12.5. The van der Waals surface area contributed by atoms with Gasteiger partial charge in [-0.3, -0.25) is 4.98 Å². The van der Waals surface area contributed by atoms with Crippen molar-refractivity contribution in [3.8, 4) is 5.75 Å². The Morgan fingerprint density at radius 1 is 1.32 bits per heavy atom. The molecule has 1 aromatic carbocycles. The second-order valence-electron chi connectivity index (χ2n) is 5.19. The van der Waals surface area contributed by atoms with Gasteiger partial charge in [0.05, 0.1) is 12.8 Å². The van der Waals surface area contributed by atoms with Crippen LogP contribution in [0.15, 0.2) is 53.9 Å². The molecule has 0 radical (unpaired) electrons. The Morgan fingerprint density at radius 2 is 2.27 bits per heavy atom. The van der Waals surface area contributed by atoms with E-state index in [1.807, 2.05) is 36.5 Å². The van der Waals surface area contributed by atoms with E-state index in [2.05, 4.69) is 21.5 Å². The van der Waals surface area contributed by atoms with Crippen LogP contribution in [0.1, 0.15) is 17.5 Å². The third kappa shape index (κ3) is 3.62. The lowest BCUT2D eigenvalue weighted by Gasteiger charge is -2.10. The number of hydrogen-bond acceptors (Lipinski definition) is 5. The number of rotatable bonds is 6. The minimum absolute atomic E-state index is 0.0702. The van der Waals surface area contributed by atoms with E-state index in [0.717, 1.165) is 36.5 Å². The Hall–Kier alpha value is -2.40. The first-order chi connectivity index (χ1) is 10.8. The van der Waals surface area contributed by atoms with E-state index in [0.29, 0.717) is 0 Å². The molecule has 0 fully saturated rings. The molecule has 1 aliphatic rings. The summed E-state index contributed by atoms with van der Waals surface area (Å²) < 4.78 is 5.22. The normalized spacial score (nSPS) is 17.0. The van der Waals surface area contributed by atoms with Gasteiger partial charge in [0.25, 0.3) is 0 Å². The highest BCUT2D eigenvalue weighted by atomic mass is 16.6. The predicted molar refractivity (Wildman–Crippen MR) is 85.0 cm³/mol. The molecule has 0 saturated carbocycles. The van der Waals surface area contributed by atoms with Crippen LogP contribution in [0.2, 0.25) is 0 Å². The molecule has 2 aromatic rings. The third-order valence-electron chi connectivity index (χ3n) is 3.56. The molecule has 0 saturated heterocycles. The van der Waals surface area contributed by atoms with Crippen molar-refractivity contribution in [1.29, 1.82) is 0 Å². The molecule has 114 valence electrons. The fourth-order valence-corrected chi connectivity index (χ4v) is 2.40. The van der Waals surface area contributed by atoms with Gasteiger partial charge in [0.15, 0.2) is 0 Å². The topological polar surface area (TPSA) is 55.7 Å². The number of hydrogen-bond donors (Lipinski definition) is 1. The molecule has 0 bridgehead atoms. The first-order valence-electron chi connectivity index (χ1n) is 7.32. The summed E-state index contributed by atoms with van der Waals surface area (Å²) in [5, 5.41) is 7.55. The highest BCUT2D eigenvalue weighted by molar-refractivity contribution is 6.00. The van der Waals surface area contributed by atoms with Crippen molar-refractivity contribution >= 4 is 5.71 Å². The van der Waals surface area contributed by atoms with Crippen LogP contribution in [0.3, 0.4) is 0 Å². The molecule has 1 aromatic heterocycles. The number of benzene rings is 1. The second-order valence-corrected chi connectivity index (χ2v) is 5.19. The molecule has 1 N–H and O–H groups in total. The molecule has 22 heavy (non-hydrogen) atoms. The molecule has 0 spiro atoms. The van der Waals surface area contributed by atoms with E-state index >= 15 is 0 Å². The van der Waals surface area contributed by atoms with Gasteiger partial charge in [0, 0.05) is 37.5 Å². The molecule has 3 rings (SSSR count). The molecule has 2 heterocycles. The Labute approximate surface area is 130 Å². The van der Waals surface area contributed by atoms with Crippen molar-refractivity contribution < 1.29 is 9.57 Å². The number of aromatic nitrogens is 1. The molecular weight excluding hydrogens is 278 g/mol. The maximum atomic E-state index is 5.48. The minimum atomic E-state index is 0.0702. The van der Waals surface area contributed by atoms with Crippen molar-refractivity contribution in [3.05, 3.63) is 59.9 Å². The van der Waals surface area contributed by atoms with Crippen LogP contribution in [-0.2, 0) is 11.4 Å². The first kappa shape index (κ1) is 14.5.